The normalized spacial score (nSPS) is 11.4. The minimum absolute atomic E-state index is 0.354. The lowest BCUT2D eigenvalue weighted by Crippen LogP contribution is -2.11. The molecule has 4 heteroatoms. The van der Waals surface area contributed by atoms with Gasteiger partial charge >= 0.3 is 11.9 Å². The summed E-state index contributed by atoms with van der Waals surface area (Å²) in [6.07, 6.45) is 53.8. The molecule has 0 amide bonds. The third-order valence-electron chi connectivity index (χ3n) is 12.8. The molecule has 0 bridgehead atoms. The van der Waals surface area contributed by atoms with E-state index in [4.69, 9.17) is 9.47 Å². The van der Waals surface area contributed by atoms with Crippen molar-refractivity contribution in [3.63, 3.8) is 0 Å². The van der Waals surface area contributed by atoms with Gasteiger partial charge in [0, 0.05) is 5.39 Å². The van der Waals surface area contributed by atoms with Crippen LogP contribution in [-0.2, 0) is 9.47 Å². The summed E-state index contributed by atoms with van der Waals surface area (Å²) in [4.78, 5) is 26.4. The van der Waals surface area contributed by atoms with Crippen molar-refractivity contribution in [3.05, 3.63) is 47.5 Å². The van der Waals surface area contributed by atoms with Gasteiger partial charge in [-0.1, -0.05) is 282 Å². The van der Waals surface area contributed by atoms with Gasteiger partial charge in [0.2, 0.25) is 0 Å². The van der Waals surface area contributed by atoms with Crippen LogP contribution in [0.3, 0.4) is 0 Å². The monoisotopic (exact) mass is 833 g/mol. The molecule has 2 aromatic carbocycles. The second-order valence-corrected chi connectivity index (χ2v) is 18.4. The molecule has 0 saturated heterocycles. The van der Waals surface area contributed by atoms with E-state index in [0.29, 0.717) is 29.7 Å². The highest BCUT2D eigenvalue weighted by atomic mass is 16.5. The van der Waals surface area contributed by atoms with E-state index in [-0.39, 0.29) is 11.9 Å². The maximum Gasteiger partial charge on any atom is 0.338 e. The Morgan fingerprint density at radius 2 is 0.533 bits per heavy atom. The van der Waals surface area contributed by atoms with E-state index < -0.39 is 0 Å². The Morgan fingerprint density at radius 3 is 0.767 bits per heavy atom. The summed E-state index contributed by atoms with van der Waals surface area (Å²) in [6.45, 7) is 5.42. The molecule has 60 heavy (non-hydrogen) atoms. The molecular weight excluding hydrogens is 737 g/mol. The summed E-state index contributed by atoms with van der Waals surface area (Å²) in [6, 6.07) is 11.2. The predicted octanol–water partition coefficient (Wildman–Crippen LogP) is 18.8. The molecule has 0 heterocycles. The van der Waals surface area contributed by atoms with E-state index in [1.54, 1.807) is 12.1 Å². The maximum absolute atomic E-state index is 13.2. The number of rotatable bonds is 44. The third-order valence-corrected chi connectivity index (χ3v) is 12.8. The summed E-state index contributed by atoms with van der Waals surface area (Å²) in [5.41, 5.74) is 0.902. The Balaban J connectivity index is 1.45. The summed E-state index contributed by atoms with van der Waals surface area (Å²) in [5, 5.41) is 1.50. The van der Waals surface area contributed by atoms with Crippen LogP contribution >= 0.6 is 0 Å². The first-order valence-electron chi connectivity index (χ1n) is 26.5. The van der Waals surface area contributed by atoms with Crippen molar-refractivity contribution in [2.75, 3.05) is 13.2 Å². The van der Waals surface area contributed by atoms with Crippen molar-refractivity contribution in [2.24, 2.45) is 0 Å². The van der Waals surface area contributed by atoms with Crippen molar-refractivity contribution in [2.45, 2.75) is 271 Å². The Hall–Kier alpha value is -2.36. The highest BCUT2D eigenvalue weighted by Crippen LogP contribution is 2.25. The molecule has 2 rings (SSSR count). The molecular formula is C56H96O4. The highest BCUT2D eigenvalue weighted by molar-refractivity contribution is 6.13. The number of unbranched alkanes of at least 4 members (excludes halogenated alkanes) is 38. The van der Waals surface area contributed by atoms with E-state index in [1.165, 1.54) is 231 Å². The highest BCUT2D eigenvalue weighted by Gasteiger charge is 2.19. The zero-order chi connectivity index (χ0) is 42.8. The van der Waals surface area contributed by atoms with Gasteiger partial charge in [-0.3, -0.25) is 0 Å². The zero-order valence-corrected chi connectivity index (χ0v) is 39.8. The number of hydrogen-bond acceptors (Lipinski definition) is 4. The topological polar surface area (TPSA) is 52.6 Å². The van der Waals surface area contributed by atoms with Gasteiger partial charge in [-0.25, -0.2) is 9.59 Å². The number of hydrogen-bond donors (Lipinski definition) is 0. The molecule has 0 unspecified atom stereocenters. The van der Waals surface area contributed by atoms with Gasteiger partial charge in [-0.05, 0) is 30.4 Å². The lowest BCUT2D eigenvalue weighted by molar-refractivity contribution is 0.0498. The average molecular weight is 833 g/mol. The summed E-state index contributed by atoms with van der Waals surface area (Å²) in [5.74, 6) is -0.708. The smallest absolute Gasteiger partial charge is 0.338 e. The van der Waals surface area contributed by atoms with E-state index in [1.807, 2.05) is 24.3 Å². The summed E-state index contributed by atoms with van der Waals surface area (Å²) < 4.78 is 11.4. The Kier molecular flexibility index (Phi) is 36.5. The van der Waals surface area contributed by atoms with Gasteiger partial charge in [-0.2, -0.15) is 0 Å². The van der Waals surface area contributed by atoms with Gasteiger partial charge in [-0.15, -0.1) is 0 Å². The van der Waals surface area contributed by atoms with Crippen LogP contribution in [0, 0.1) is 0 Å². The van der Waals surface area contributed by atoms with Crippen molar-refractivity contribution >= 4 is 22.7 Å². The van der Waals surface area contributed by atoms with E-state index in [2.05, 4.69) is 13.8 Å². The fourth-order valence-corrected chi connectivity index (χ4v) is 8.88. The Morgan fingerprint density at radius 1 is 0.317 bits per heavy atom. The fraction of sp³-hybridized carbons (Fsp3) is 0.786. The van der Waals surface area contributed by atoms with Gasteiger partial charge in [0.15, 0.2) is 0 Å². The van der Waals surface area contributed by atoms with Crippen LogP contribution in [0.5, 0.6) is 0 Å². The minimum atomic E-state index is -0.354. The van der Waals surface area contributed by atoms with E-state index in [9.17, 15) is 9.59 Å². The number of carbonyl (C=O) groups is 2. The van der Waals surface area contributed by atoms with Crippen molar-refractivity contribution in [1.29, 1.82) is 0 Å². The minimum Gasteiger partial charge on any atom is -0.462 e. The second-order valence-electron chi connectivity index (χ2n) is 18.4. The lowest BCUT2D eigenvalue weighted by Gasteiger charge is -2.12. The maximum atomic E-state index is 13.2. The van der Waals surface area contributed by atoms with Gasteiger partial charge in [0.25, 0.3) is 0 Å². The molecule has 0 radical (unpaired) electrons. The predicted molar refractivity (Wildman–Crippen MR) is 261 cm³/mol. The van der Waals surface area contributed by atoms with Gasteiger partial charge in [0.1, 0.15) is 0 Å². The van der Waals surface area contributed by atoms with Crippen molar-refractivity contribution < 1.29 is 19.1 Å². The largest absolute Gasteiger partial charge is 0.462 e. The van der Waals surface area contributed by atoms with E-state index in [0.717, 1.165) is 31.1 Å². The Bertz CT molecular complexity index is 1260. The molecule has 0 atom stereocenters. The molecule has 0 N–H and O–H groups in total. The molecule has 0 spiro atoms. The van der Waals surface area contributed by atoms with Crippen molar-refractivity contribution in [3.8, 4) is 0 Å². The van der Waals surface area contributed by atoms with Crippen molar-refractivity contribution in [1.82, 2.24) is 0 Å². The van der Waals surface area contributed by atoms with Gasteiger partial charge < -0.3 is 9.47 Å². The quantitative estimate of drug-likeness (QED) is 0.0493. The number of carbonyl (C=O) groups excluding carboxylic acids is 2. The van der Waals surface area contributed by atoms with Crippen LogP contribution in [0.4, 0.5) is 0 Å². The molecule has 0 saturated carbocycles. The SMILES string of the molecule is CCCCCCCCCCCCCCCCCCCCCCCCOC(=O)c1cccc2cccc(C(=O)OCCCCCCCCCCCCCCCCCCCC)c12. The number of ether oxygens (including phenoxy) is 2. The second kappa shape index (κ2) is 40.7. The standard InChI is InChI=1S/C56H96O4/c1-3-5-7-9-11-13-15-17-19-21-23-24-25-26-28-30-32-34-36-38-40-42-50-60-56(58)53-48-44-46-51-45-43-47-52(54(51)53)55(57)59-49-41-39-37-35-33-31-29-27-22-20-18-16-14-12-10-8-6-4-2/h43-48H,3-42,49-50H2,1-2H3. The van der Waals surface area contributed by atoms with Crippen LogP contribution in [0.1, 0.15) is 291 Å². The molecule has 0 aliphatic carbocycles. The molecule has 0 aromatic heterocycles. The Labute approximate surface area is 371 Å². The third kappa shape index (κ3) is 29.0. The van der Waals surface area contributed by atoms with Crippen LogP contribution < -0.4 is 0 Å². The molecule has 4 nitrogen and oxygen atoms in total. The summed E-state index contributed by atoms with van der Waals surface area (Å²) in [7, 11) is 0. The average Bonchev–Trinajstić information content (AvgIpc) is 3.26. The zero-order valence-electron chi connectivity index (χ0n) is 39.8. The first kappa shape index (κ1) is 53.8. The van der Waals surface area contributed by atoms with Crippen LogP contribution in [0.2, 0.25) is 0 Å². The summed E-state index contributed by atoms with van der Waals surface area (Å²) >= 11 is 0. The first-order valence-corrected chi connectivity index (χ1v) is 26.5. The van der Waals surface area contributed by atoms with Crippen LogP contribution in [0.15, 0.2) is 36.4 Å². The number of fused-ring (bicyclic) bond motifs is 1. The number of esters is 2. The number of benzene rings is 2. The fourth-order valence-electron chi connectivity index (χ4n) is 8.88. The van der Waals surface area contributed by atoms with Crippen LogP contribution in [0.25, 0.3) is 10.8 Å². The lowest BCUT2D eigenvalue weighted by atomic mass is 9.99. The molecule has 0 fully saturated rings. The molecule has 2 aromatic rings. The van der Waals surface area contributed by atoms with Crippen LogP contribution in [-0.4, -0.2) is 25.2 Å². The van der Waals surface area contributed by atoms with E-state index >= 15 is 0 Å². The molecule has 0 aliphatic heterocycles. The van der Waals surface area contributed by atoms with Gasteiger partial charge in [0.05, 0.1) is 24.3 Å². The molecule has 344 valence electrons. The first-order chi connectivity index (χ1) is 29.7. The molecule has 0 aliphatic rings.